The molecule has 0 bridgehead atoms. The van der Waals surface area contributed by atoms with Gasteiger partial charge >= 0.3 is 0 Å². The topological polar surface area (TPSA) is 51.6 Å². The zero-order valence-electron chi connectivity index (χ0n) is 9.44. The van der Waals surface area contributed by atoms with E-state index in [1.54, 1.807) is 6.20 Å². The summed E-state index contributed by atoms with van der Waals surface area (Å²) in [4.78, 5) is 17.1. The number of hydrogen-bond acceptors (Lipinski definition) is 4. The molecule has 2 rings (SSSR count). The third kappa shape index (κ3) is 1.79. The van der Waals surface area contributed by atoms with Crippen molar-refractivity contribution in [3.8, 4) is 0 Å². The van der Waals surface area contributed by atoms with Crippen LogP contribution in [0, 0.1) is 6.92 Å². The molecule has 0 fully saturated rings. The van der Waals surface area contributed by atoms with Crippen molar-refractivity contribution in [1.82, 2.24) is 19.9 Å². The molecule has 0 N–H and O–H groups in total. The smallest absolute Gasteiger partial charge is 0.134 e. The minimum absolute atomic E-state index is 0.0452. The minimum atomic E-state index is -0.0452. The number of fused-ring (bicyclic) bond motifs is 1. The van der Waals surface area contributed by atoms with Crippen molar-refractivity contribution in [2.45, 2.75) is 33.1 Å². The fourth-order valence-electron chi connectivity index (χ4n) is 1.34. The van der Waals surface area contributed by atoms with E-state index in [2.05, 4.69) is 40.7 Å². The molecule has 0 aromatic carbocycles. The third-order valence-corrected chi connectivity index (χ3v) is 2.23. The Morgan fingerprint density at radius 2 is 1.80 bits per heavy atom. The van der Waals surface area contributed by atoms with E-state index in [4.69, 9.17) is 0 Å². The summed E-state index contributed by atoms with van der Waals surface area (Å²) in [5, 5.41) is 0. The zero-order chi connectivity index (χ0) is 11.1. The van der Waals surface area contributed by atoms with Gasteiger partial charge in [-0.2, -0.15) is 0 Å². The van der Waals surface area contributed by atoms with E-state index >= 15 is 0 Å². The first kappa shape index (κ1) is 9.96. The van der Waals surface area contributed by atoms with Crippen molar-refractivity contribution in [3.05, 3.63) is 24.0 Å². The first-order valence-corrected chi connectivity index (χ1v) is 4.93. The maximum absolute atomic E-state index is 4.51. The van der Waals surface area contributed by atoms with Crippen LogP contribution in [0.4, 0.5) is 0 Å². The molecule has 0 aliphatic heterocycles. The fourth-order valence-corrected chi connectivity index (χ4v) is 1.34. The molecule has 0 spiro atoms. The van der Waals surface area contributed by atoms with Gasteiger partial charge in [0.1, 0.15) is 23.2 Å². The lowest BCUT2D eigenvalue weighted by Gasteiger charge is -2.16. The van der Waals surface area contributed by atoms with E-state index < -0.39 is 0 Å². The second kappa shape index (κ2) is 3.22. The molecule has 0 saturated carbocycles. The Morgan fingerprint density at radius 1 is 1.07 bits per heavy atom. The molecular weight excluding hydrogens is 188 g/mol. The Balaban J connectivity index is 2.70. The van der Waals surface area contributed by atoms with E-state index in [1.807, 2.05) is 6.92 Å². The molecule has 0 aliphatic carbocycles. The average Bonchev–Trinajstić information content (AvgIpc) is 2.16. The van der Waals surface area contributed by atoms with Gasteiger partial charge in [0, 0.05) is 5.41 Å². The predicted molar refractivity (Wildman–Crippen MR) is 58.6 cm³/mol. The molecule has 78 valence electrons. The second-order valence-corrected chi connectivity index (χ2v) is 4.64. The van der Waals surface area contributed by atoms with Crippen LogP contribution in [0.15, 0.2) is 12.5 Å². The van der Waals surface area contributed by atoms with Crippen LogP contribution in [-0.4, -0.2) is 19.9 Å². The van der Waals surface area contributed by atoms with Gasteiger partial charge in [-0.25, -0.2) is 19.9 Å². The highest BCUT2D eigenvalue weighted by atomic mass is 14.9. The molecule has 0 radical (unpaired) electrons. The van der Waals surface area contributed by atoms with Crippen LogP contribution in [0.2, 0.25) is 0 Å². The Hall–Kier alpha value is -1.58. The van der Waals surface area contributed by atoms with Crippen molar-refractivity contribution in [2.75, 3.05) is 0 Å². The summed E-state index contributed by atoms with van der Waals surface area (Å²) in [6.07, 6.45) is 3.30. The SMILES string of the molecule is Cc1ncnc2cnc(C(C)(C)C)nc12. The molecule has 2 aromatic rings. The maximum Gasteiger partial charge on any atom is 0.134 e. The van der Waals surface area contributed by atoms with E-state index in [9.17, 15) is 0 Å². The summed E-state index contributed by atoms with van der Waals surface area (Å²) in [5.74, 6) is 0.827. The molecule has 4 nitrogen and oxygen atoms in total. The van der Waals surface area contributed by atoms with Gasteiger partial charge in [-0.05, 0) is 6.92 Å². The highest BCUT2D eigenvalue weighted by molar-refractivity contribution is 5.74. The summed E-state index contributed by atoms with van der Waals surface area (Å²) < 4.78 is 0. The lowest BCUT2D eigenvalue weighted by atomic mass is 9.96. The Kier molecular flexibility index (Phi) is 2.14. The zero-order valence-corrected chi connectivity index (χ0v) is 9.44. The summed E-state index contributed by atoms with van der Waals surface area (Å²) >= 11 is 0. The van der Waals surface area contributed by atoms with Gasteiger partial charge in [-0.15, -0.1) is 0 Å². The van der Waals surface area contributed by atoms with Gasteiger partial charge in [0.25, 0.3) is 0 Å². The third-order valence-electron chi connectivity index (χ3n) is 2.23. The van der Waals surface area contributed by atoms with Gasteiger partial charge < -0.3 is 0 Å². The Bertz CT molecular complexity index is 499. The lowest BCUT2D eigenvalue weighted by molar-refractivity contribution is 0.548. The lowest BCUT2D eigenvalue weighted by Crippen LogP contribution is -2.16. The van der Waals surface area contributed by atoms with E-state index in [1.165, 1.54) is 6.33 Å². The normalized spacial score (nSPS) is 12.0. The number of nitrogens with zero attached hydrogens (tertiary/aromatic N) is 4. The van der Waals surface area contributed by atoms with Gasteiger partial charge in [-0.3, -0.25) is 0 Å². The van der Waals surface area contributed by atoms with Crippen molar-refractivity contribution in [3.63, 3.8) is 0 Å². The molecular formula is C11H14N4. The number of aryl methyl sites for hydroxylation is 1. The minimum Gasteiger partial charge on any atom is -0.239 e. The summed E-state index contributed by atoms with van der Waals surface area (Å²) in [6, 6.07) is 0. The summed E-state index contributed by atoms with van der Waals surface area (Å²) in [7, 11) is 0. The Labute approximate surface area is 88.8 Å². The molecule has 0 aliphatic rings. The van der Waals surface area contributed by atoms with E-state index in [0.29, 0.717) is 0 Å². The van der Waals surface area contributed by atoms with Gasteiger partial charge in [0.05, 0.1) is 11.9 Å². The van der Waals surface area contributed by atoms with Crippen LogP contribution >= 0.6 is 0 Å². The average molecular weight is 202 g/mol. The quantitative estimate of drug-likeness (QED) is 0.656. The van der Waals surface area contributed by atoms with Crippen LogP contribution in [0.3, 0.4) is 0 Å². The summed E-state index contributed by atoms with van der Waals surface area (Å²) in [6.45, 7) is 8.21. The molecule has 2 heterocycles. The monoisotopic (exact) mass is 202 g/mol. The molecule has 2 aromatic heterocycles. The molecule has 0 amide bonds. The molecule has 0 atom stereocenters. The van der Waals surface area contributed by atoms with Crippen LogP contribution in [0.1, 0.15) is 32.3 Å². The standard InChI is InChI=1S/C11H14N4/c1-7-9-8(14-6-13-7)5-12-10(15-9)11(2,3)4/h5-6H,1-4H3. The second-order valence-electron chi connectivity index (χ2n) is 4.64. The fraction of sp³-hybridized carbons (Fsp3) is 0.455. The van der Waals surface area contributed by atoms with Crippen LogP contribution in [0.5, 0.6) is 0 Å². The van der Waals surface area contributed by atoms with Crippen molar-refractivity contribution in [1.29, 1.82) is 0 Å². The van der Waals surface area contributed by atoms with E-state index in [0.717, 1.165) is 22.6 Å². The van der Waals surface area contributed by atoms with Gasteiger partial charge in [0.2, 0.25) is 0 Å². The van der Waals surface area contributed by atoms with Crippen molar-refractivity contribution >= 4 is 11.0 Å². The van der Waals surface area contributed by atoms with Crippen LogP contribution in [-0.2, 0) is 5.41 Å². The van der Waals surface area contributed by atoms with E-state index in [-0.39, 0.29) is 5.41 Å². The molecule has 4 heteroatoms. The first-order valence-electron chi connectivity index (χ1n) is 4.93. The van der Waals surface area contributed by atoms with Crippen molar-refractivity contribution < 1.29 is 0 Å². The van der Waals surface area contributed by atoms with Crippen LogP contribution in [0.25, 0.3) is 11.0 Å². The molecule has 0 unspecified atom stereocenters. The van der Waals surface area contributed by atoms with Crippen LogP contribution < -0.4 is 0 Å². The van der Waals surface area contributed by atoms with Gasteiger partial charge in [0.15, 0.2) is 0 Å². The molecule has 0 saturated heterocycles. The predicted octanol–water partition coefficient (Wildman–Crippen LogP) is 2.03. The van der Waals surface area contributed by atoms with Crippen molar-refractivity contribution in [2.24, 2.45) is 0 Å². The number of aromatic nitrogens is 4. The number of rotatable bonds is 0. The Morgan fingerprint density at radius 3 is 2.47 bits per heavy atom. The first-order chi connectivity index (χ1) is 6.98. The number of hydrogen-bond donors (Lipinski definition) is 0. The molecule has 15 heavy (non-hydrogen) atoms. The largest absolute Gasteiger partial charge is 0.239 e. The van der Waals surface area contributed by atoms with Gasteiger partial charge in [-0.1, -0.05) is 20.8 Å². The summed E-state index contributed by atoms with van der Waals surface area (Å²) in [5.41, 5.74) is 2.50. The highest BCUT2D eigenvalue weighted by Crippen LogP contribution is 2.20. The maximum atomic E-state index is 4.51. The highest BCUT2D eigenvalue weighted by Gasteiger charge is 2.18.